The quantitative estimate of drug-likeness (QED) is 0.347. The lowest BCUT2D eigenvalue weighted by Crippen LogP contribution is -2.39. The van der Waals surface area contributed by atoms with Crippen molar-refractivity contribution in [2.75, 3.05) is 20.2 Å². The molecular formula is C28H34N4O5S. The number of nitrogens with one attached hydrogen (secondary N) is 2. The van der Waals surface area contributed by atoms with Crippen LogP contribution in [0.1, 0.15) is 67.4 Å². The Morgan fingerprint density at radius 1 is 1.18 bits per heavy atom. The second-order valence-electron chi connectivity index (χ2n) is 10.7. The molecule has 2 aromatic carbocycles. The Hall–Kier alpha value is -3.50. The van der Waals surface area contributed by atoms with Crippen LogP contribution in [-0.2, 0) is 28.4 Å². The number of hydrogen-bond acceptors (Lipinski definition) is 6. The van der Waals surface area contributed by atoms with E-state index in [2.05, 4.69) is 38.9 Å². The summed E-state index contributed by atoms with van der Waals surface area (Å²) in [6.45, 7) is 9.83. The first-order chi connectivity index (χ1) is 17.8. The molecule has 38 heavy (non-hydrogen) atoms. The summed E-state index contributed by atoms with van der Waals surface area (Å²) in [7, 11) is 3.73. The second kappa shape index (κ2) is 10.3. The molecule has 202 valence electrons. The highest BCUT2D eigenvalue weighted by atomic mass is 32.2. The fraction of sp³-hybridized carbons (Fsp3) is 0.393. The minimum absolute atomic E-state index is 0.00587. The van der Waals surface area contributed by atoms with Crippen molar-refractivity contribution in [3.63, 3.8) is 0 Å². The molecule has 1 aliphatic rings. The third-order valence-electron chi connectivity index (χ3n) is 6.41. The molecule has 4 rings (SSSR count). The van der Waals surface area contributed by atoms with E-state index in [9.17, 15) is 13.8 Å². The summed E-state index contributed by atoms with van der Waals surface area (Å²) in [5, 5.41) is 0.930. The first-order valence-corrected chi connectivity index (χ1v) is 13.5. The summed E-state index contributed by atoms with van der Waals surface area (Å²) >= 11 is -1.81. The molecule has 0 spiro atoms. The van der Waals surface area contributed by atoms with Crippen LogP contribution in [0.4, 0.5) is 4.79 Å². The molecule has 0 aliphatic heterocycles. The minimum Gasteiger partial charge on any atom is -0.492 e. The molecule has 1 amide bonds. The average molecular weight is 539 g/mol. The van der Waals surface area contributed by atoms with Crippen molar-refractivity contribution >= 4 is 40.2 Å². The van der Waals surface area contributed by atoms with E-state index in [1.54, 1.807) is 40.1 Å². The van der Waals surface area contributed by atoms with Gasteiger partial charge in [0.1, 0.15) is 18.0 Å². The lowest BCUT2D eigenvalue weighted by Gasteiger charge is -2.33. The van der Waals surface area contributed by atoms with Crippen molar-refractivity contribution in [2.45, 2.75) is 45.6 Å². The topological polar surface area (TPSA) is 111 Å². The summed E-state index contributed by atoms with van der Waals surface area (Å²) in [6.07, 6.45) is 1.03. The van der Waals surface area contributed by atoms with Gasteiger partial charge in [-0.1, -0.05) is 26.0 Å². The fourth-order valence-corrected chi connectivity index (χ4v) is 5.48. The summed E-state index contributed by atoms with van der Waals surface area (Å²) in [5.74, 6) is 0.592. The molecule has 0 saturated carbocycles. The molecule has 3 aromatic rings. The van der Waals surface area contributed by atoms with Gasteiger partial charge in [0, 0.05) is 54.4 Å². The summed E-state index contributed by atoms with van der Waals surface area (Å²) in [5.41, 5.74) is 4.06. The van der Waals surface area contributed by atoms with Gasteiger partial charge in [-0.3, -0.25) is 9.79 Å². The number of nitrogens with zero attached hydrogens (tertiary/aromatic N) is 2. The molecule has 1 aliphatic carbocycles. The third-order valence-corrected chi connectivity index (χ3v) is 7.23. The van der Waals surface area contributed by atoms with Crippen LogP contribution in [0.15, 0.2) is 41.4 Å². The van der Waals surface area contributed by atoms with Crippen LogP contribution in [0.5, 0.6) is 5.75 Å². The number of aromatic nitrogens is 1. The smallest absolute Gasteiger partial charge is 0.420 e. The number of ether oxygens (including phenoxy) is 2. The van der Waals surface area contributed by atoms with Crippen molar-refractivity contribution in [1.29, 1.82) is 0 Å². The lowest BCUT2D eigenvalue weighted by atomic mass is 9.71. The van der Waals surface area contributed by atoms with Gasteiger partial charge in [0.2, 0.25) is 0 Å². The molecule has 10 heteroatoms. The summed E-state index contributed by atoms with van der Waals surface area (Å²) in [6, 6.07) is 11.5. The van der Waals surface area contributed by atoms with E-state index in [1.165, 1.54) is 0 Å². The first-order valence-electron chi connectivity index (χ1n) is 12.4. The van der Waals surface area contributed by atoms with Gasteiger partial charge in [-0.15, -0.1) is 0 Å². The number of aliphatic imine (C=N–C) groups is 1. The van der Waals surface area contributed by atoms with Crippen molar-refractivity contribution in [3.05, 3.63) is 64.3 Å². The predicted molar refractivity (Wildman–Crippen MR) is 149 cm³/mol. The minimum atomic E-state index is -1.81. The molecule has 0 fully saturated rings. The monoisotopic (exact) mass is 538 g/mol. The molecule has 1 heterocycles. The van der Waals surface area contributed by atoms with E-state index < -0.39 is 28.3 Å². The molecule has 1 unspecified atom stereocenters. The average Bonchev–Trinajstić information content (AvgIpc) is 3.12. The van der Waals surface area contributed by atoms with Crippen LogP contribution in [0.2, 0.25) is 0 Å². The Balaban J connectivity index is 1.50. The number of carbonyl (C=O) groups is 2. The van der Waals surface area contributed by atoms with E-state index in [-0.39, 0.29) is 18.9 Å². The zero-order chi connectivity index (χ0) is 27.8. The number of fused-ring (bicyclic) bond motifs is 4. The van der Waals surface area contributed by atoms with E-state index in [0.29, 0.717) is 11.3 Å². The van der Waals surface area contributed by atoms with Gasteiger partial charge in [0.15, 0.2) is 17.0 Å². The van der Waals surface area contributed by atoms with Gasteiger partial charge in [-0.25, -0.2) is 18.4 Å². The highest BCUT2D eigenvalue weighted by molar-refractivity contribution is 7.81. The lowest BCUT2D eigenvalue weighted by molar-refractivity contribution is 0.0571. The molecule has 0 radical (unpaired) electrons. The van der Waals surface area contributed by atoms with Gasteiger partial charge in [0.25, 0.3) is 0 Å². The van der Waals surface area contributed by atoms with Gasteiger partial charge >= 0.3 is 6.09 Å². The van der Waals surface area contributed by atoms with Crippen LogP contribution < -0.4 is 14.2 Å². The summed E-state index contributed by atoms with van der Waals surface area (Å²) < 4.78 is 30.0. The molecular weight excluding hydrogens is 504 g/mol. The maximum atomic E-state index is 13.7. The number of carbonyl (C=O) groups excluding carboxylic acids is 2. The van der Waals surface area contributed by atoms with E-state index in [4.69, 9.17) is 9.47 Å². The van der Waals surface area contributed by atoms with Crippen LogP contribution in [0.25, 0.3) is 10.9 Å². The Morgan fingerprint density at radius 2 is 1.92 bits per heavy atom. The standard InChI is InChI=1S/C28H34N4O5S/c1-27(2,3)37-26(34)31-38(35)30-12-13-36-18-9-11-19-21(15-18)28(4,5)25-23(24(19)33)20-10-8-17(16-29-6)14-22(20)32(25)7/h8-11,14-16,30H,12-13H2,1-7H3,(H,31,34). The molecule has 0 saturated heterocycles. The largest absolute Gasteiger partial charge is 0.492 e. The number of amides is 1. The zero-order valence-corrected chi connectivity index (χ0v) is 23.6. The van der Waals surface area contributed by atoms with Gasteiger partial charge in [0.05, 0.1) is 5.56 Å². The van der Waals surface area contributed by atoms with Gasteiger partial charge in [-0.2, -0.15) is 0 Å². The van der Waals surface area contributed by atoms with Crippen molar-refractivity contribution < 1.29 is 23.3 Å². The van der Waals surface area contributed by atoms with Gasteiger partial charge in [-0.05, 0) is 56.2 Å². The van der Waals surface area contributed by atoms with E-state index in [0.717, 1.165) is 33.3 Å². The molecule has 2 N–H and O–H groups in total. The molecule has 9 nitrogen and oxygen atoms in total. The number of hydrogen-bond donors (Lipinski definition) is 2. The molecule has 0 bridgehead atoms. The van der Waals surface area contributed by atoms with E-state index >= 15 is 0 Å². The number of rotatable bonds is 7. The Labute approximate surface area is 225 Å². The molecule has 1 aromatic heterocycles. The van der Waals surface area contributed by atoms with Crippen LogP contribution >= 0.6 is 0 Å². The Bertz CT molecular complexity index is 1470. The SMILES string of the molecule is CN=Cc1ccc2c3c(n(C)c2c1)C(C)(C)c1cc(OCCNS(=O)NC(=O)OC(C)(C)C)ccc1C3=O. The van der Waals surface area contributed by atoms with Crippen molar-refractivity contribution in [3.8, 4) is 5.75 Å². The zero-order valence-electron chi connectivity index (χ0n) is 22.8. The van der Waals surface area contributed by atoms with Crippen LogP contribution in [0, 0.1) is 0 Å². The number of benzene rings is 2. The van der Waals surface area contributed by atoms with Crippen LogP contribution in [-0.4, -0.2) is 52.7 Å². The summed E-state index contributed by atoms with van der Waals surface area (Å²) in [4.78, 5) is 29.5. The van der Waals surface area contributed by atoms with Crippen molar-refractivity contribution in [1.82, 2.24) is 14.0 Å². The van der Waals surface area contributed by atoms with Crippen molar-refractivity contribution in [2.24, 2.45) is 12.0 Å². The maximum absolute atomic E-state index is 13.7. The highest BCUT2D eigenvalue weighted by Crippen LogP contribution is 2.46. The van der Waals surface area contributed by atoms with E-state index in [1.807, 2.05) is 31.3 Å². The van der Waals surface area contributed by atoms with Crippen LogP contribution in [0.3, 0.4) is 0 Å². The number of ketones is 1. The Morgan fingerprint density at radius 3 is 2.61 bits per heavy atom. The number of aryl methyl sites for hydroxylation is 1. The maximum Gasteiger partial charge on any atom is 0.420 e. The van der Waals surface area contributed by atoms with Gasteiger partial charge < -0.3 is 14.0 Å². The fourth-order valence-electron chi connectivity index (χ4n) is 4.95. The highest BCUT2D eigenvalue weighted by Gasteiger charge is 2.41. The second-order valence-corrected chi connectivity index (χ2v) is 11.8. The predicted octanol–water partition coefficient (Wildman–Crippen LogP) is 4.17. The third kappa shape index (κ3) is 5.37. The Kier molecular flexibility index (Phi) is 7.49. The first kappa shape index (κ1) is 27.5. The normalized spacial score (nSPS) is 15.3. The molecule has 1 atom stereocenters.